The van der Waals surface area contributed by atoms with Crippen LogP contribution in [0.2, 0.25) is 0 Å². The topological polar surface area (TPSA) is 42.4 Å². The lowest BCUT2D eigenvalue weighted by Crippen LogP contribution is -1.97. The zero-order valence-corrected chi connectivity index (χ0v) is 12.1. The minimum Gasteiger partial charge on any atom is -0.438 e. The van der Waals surface area contributed by atoms with Gasteiger partial charge in [0.1, 0.15) is 5.75 Å². The lowest BCUT2D eigenvalue weighted by molar-refractivity contribution is 0.275. The summed E-state index contributed by atoms with van der Waals surface area (Å²) in [5.41, 5.74) is 3.71. The molecule has 0 spiro atoms. The number of aliphatic hydroxyl groups is 1. The van der Waals surface area contributed by atoms with E-state index in [-0.39, 0.29) is 6.61 Å². The lowest BCUT2D eigenvalue weighted by atomic mass is 10.1. The van der Waals surface area contributed by atoms with Gasteiger partial charge in [0.15, 0.2) is 0 Å². The number of aryl methyl sites for hydroxylation is 2. The molecule has 0 radical (unpaired) electrons. The quantitative estimate of drug-likeness (QED) is 0.783. The first-order valence-corrected chi connectivity index (χ1v) is 6.92. The van der Waals surface area contributed by atoms with Crippen LogP contribution in [0.25, 0.3) is 10.9 Å². The number of ether oxygens (including phenoxy) is 1. The van der Waals surface area contributed by atoms with Crippen molar-refractivity contribution in [3.05, 3.63) is 65.2 Å². The number of rotatable bonds is 3. The van der Waals surface area contributed by atoms with Crippen LogP contribution in [0.15, 0.2) is 48.5 Å². The summed E-state index contributed by atoms with van der Waals surface area (Å²) in [6, 6.07) is 15.8. The van der Waals surface area contributed by atoms with Crippen molar-refractivity contribution in [3.8, 4) is 11.6 Å². The number of hydrogen-bond donors (Lipinski definition) is 1. The van der Waals surface area contributed by atoms with Gasteiger partial charge in [-0.2, -0.15) is 0 Å². The molecule has 3 nitrogen and oxygen atoms in total. The molecule has 3 rings (SSSR count). The van der Waals surface area contributed by atoms with E-state index in [9.17, 15) is 5.11 Å². The van der Waals surface area contributed by atoms with Gasteiger partial charge in [-0.05, 0) is 43.2 Å². The van der Waals surface area contributed by atoms with Crippen LogP contribution in [0.4, 0.5) is 0 Å². The number of fused-ring (bicyclic) bond motifs is 1. The first kappa shape index (κ1) is 13.6. The molecule has 3 aromatic rings. The first-order chi connectivity index (χ1) is 10.2. The fraction of sp³-hybridized carbons (Fsp3) is 0.167. The Kier molecular flexibility index (Phi) is 3.59. The normalized spacial score (nSPS) is 10.8. The van der Waals surface area contributed by atoms with Crippen LogP contribution in [-0.2, 0) is 6.61 Å². The highest BCUT2D eigenvalue weighted by Crippen LogP contribution is 2.29. The smallest absolute Gasteiger partial charge is 0.225 e. The molecule has 0 atom stereocenters. The lowest BCUT2D eigenvalue weighted by Gasteiger charge is -2.12. The molecular formula is C18H17NO2. The molecule has 0 aliphatic heterocycles. The number of aromatic nitrogens is 1. The number of pyridine rings is 1. The van der Waals surface area contributed by atoms with Crippen LogP contribution < -0.4 is 4.74 Å². The summed E-state index contributed by atoms with van der Waals surface area (Å²) < 4.78 is 5.95. The molecule has 0 fully saturated rings. The van der Waals surface area contributed by atoms with Crippen LogP contribution in [-0.4, -0.2) is 10.1 Å². The molecule has 3 heteroatoms. The summed E-state index contributed by atoms with van der Waals surface area (Å²) >= 11 is 0. The zero-order chi connectivity index (χ0) is 14.8. The minimum atomic E-state index is -0.0992. The van der Waals surface area contributed by atoms with E-state index in [2.05, 4.69) is 4.98 Å². The highest BCUT2D eigenvalue weighted by Gasteiger charge is 2.10. The van der Waals surface area contributed by atoms with E-state index in [0.29, 0.717) is 11.4 Å². The third kappa shape index (κ3) is 2.73. The monoisotopic (exact) mass is 279 g/mol. The molecule has 1 heterocycles. The maximum absolute atomic E-state index is 9.56. The van der Waals surface area contributed by atoms with E-state index in [4.69, 9.17) is 4.74 Å². The highest BCUT2D eigenvalue weighted by molar-refractivity contribution is 5.80. The van der Waals surface area contributed by atoms with Crippen molar-refractivity contribution in [2.75, 3.05) is 0 Å². The number of hydrogen-bond acceptors (Lipinski definition) is 3. The summed E-state index contributed by atoms with van der Waals surface area (Å²) in [5.74, 6) is 1.23. The highest BCUT2D eigenvalue weighted by atomic mass is 16.5. The SMILES string of the molecule is Cc1ccc(C)c(Oc2nc3ccccc3cc2CO)c1. The van der Waals surface area contributed by atoms with Crippen molar-refractivity contribution in [3.63, 3.8) is 0 Å². The Morgan fingerprint density at radius 1 is 1.05 bits per heavy atom. The standard InChI is InChI=1S/C18H17NO2/c1-12-7-8-13(2)17(9-12)21-18-15(11-20)10-14-5-3-4-6-16(14)19-18/h3-10,20H,11H2,1-2H3. The van der Waals surface area contributed by atoms with Crippen LogP contribution in [0.3, 0.4) is 0 Å². The van der Waals surface area contributed by atoms with Gasteiger partial charge in [0.2, 0.25) is 5.88 Å². The average Bonchev–Trinajstić information content (AvgIpc) is 2.50. The van der Waals surface area contributed by atoms with Crippen LogP contribution in [0, 0.1) is 13.8 Å². The second-order valence-corrected chi connectivity index (χ2v) is 5.17. The Morgan fingerprint density at radius 3 is 2.67 bits per heavy atom. The van der Waals surface area contributed by atoms with Gasteiger partial charge in [-0.15, -0.1) is 0 Å². The van der Waals surface area contributed by atoms with Crippen molar-refractivity contribution in [1.29, 1.82) is 0 Å². The largest absolute Gasteiger partial charge is 0.438 e. The van der Waals surface area contributed by atoms with Gasteiger partial charge in [-0.25, -0.2) is 4.98 Å². The predicted molar refractivity (Wildman–Crippen MR) is 83.7 cm³/mol. The maximum Gasteiger partial charge on any atom is 0.225 e. The van der Waals surface area contributed by atoms with Gasteiger partial charge in [0, 0.05) is 10.9 Å². The molecule has 0 aliphatic carbocycles. The van der Waals surface area contributed by atoms with Crippen LogP contribution >= 0.6 is 0 Å². The van der Waals surface area contributed by atoms with Crippen molar-refractivity contribution >= 4 is 10.9 Å². The van der Waals surface area contributed by atoms with Crippen molar-refractivity contribution in [2.45, 2.75) is 20.5 Å². The van der Waals surface area contributed by atoms with Gasteiger partial charge in [0.25, 0.3) is 0 Å². The molecule has 0 aliphatic rings. The molecule has 0 unspecified atom stereocenters. The van der Waals surface area contributed by atoms with Crippen molar-refractivity contribution in [1.82, 2.24) is 4.98 Å². The van der Waals surface area contributed by atoms with E-state index in [1.165, 1.54) is 0 Å². The maximum atomic E-state index is 9.56. The average molecular weight is 279 g/mol. The molecule has 0 saturated carbocycles. The number of nitrogens with zero attached hydrogens (tertiary/aromatic N) is 1. The van der Waals surface area contributed by atoms with Gasteiger partial charge >= 0.3 is 0 Å². The summed E-state index contributed by atoms with van der Waals surface area (Å²) in [7, 11) is 0. The Morgan fingerprint density at radius 2 is 1.86 bits per heavy atom. The van der Waals surface area contributed by atoms with Crippen LogP contribution in [0.1, 0.15) is 16.7 Å². The summed E-state index contributed by atoms with van der Waals surface area (Å²) in [4.78, 5) is 4.53. The van der Waals surface area contributed by atoms with Crippen LogP contribution in [0.5, 0.6) is 11.6 Å². The summed E-state index contributed by atoms with van der Waals surface area (Å²) in [6.07, 6.45) is 0. The van der Waals surface area contributed by atoms with Gasteiger partial charge in [0.05, 0.1) is 12.1 Å². The molecule has 1 aromatic heterocycles. The molecule has 0 saturated heterocycles. The second kappa shape index (κ2) is 5.54. The summed E-state index contributed by atoms with van der Waals surface area (Å²) in [6.45, 7) is 3.92. The molecule has 0 amide bonds. The van der Waals surface area contributed by atoms with Gasteiger partial charge in [-0.1, -0.05) is 30.3 Å². The molecule has 106 valence electrons. The third-order valence-corrected chi connectivity index (χ3v) is 3.48. The Bertz CT molecular complexity index is 796. The number of benzene rings is 2. The number of para-hydroxylation sites is 1. The molecular weight excluding hydrogens is 262 g/mol. The molecule has 21 heavy (non-hydrogen) atoms. The molecule has 1 N–H and O–H groups in total. The third-order valence-electron chi connectivity index (χ3n) is 3.48. The Labute approximate surface area is 123 Å². The summed E-state index contributed by atoms with van der Waals surface area (Å²) in [5, 5.41) is 10.6. The van der Waals surface area contributed by atoms with E-state index in [0.717, 1.165) is 27.8 Å². The zero-order valence-electron chi connectivity index (χ0n) is 12.1. The van der Waals surface area contributed by atoms with E-state index < -0.39 is 0 Å². The predicted octanol–water partition coefficient (Wildman–Crippen LogP) is 4.14. The Hall–Kier alpha value is -2.39. The van der Waals surface area contributed by atoms with Crippen molar-refractivity contribution < 1.29 is 9.84 Å². The molecule has 2 aromatic carbocycles. The second-order valence-electron chi connectivity index (χ2n) is 5.17. The van der Waals surface area contributed by atoms with E-state index in [1.807, 2.05) is 62.4 Å². The fourth-order valence-electron chi connectivity index (χ4n) is 2.27. The fourth-order valence-corrected chi connectivity index (χ4v) is 2.27. The van der Waals surface area contributed by atoms with Gasteiger partial charge in [-0.3, -0.25) is 0 Å². The van der Waals surface area contributed by atoms with Gasteiger partial charge < -0.3 is 9.84 Å². The van der Waals surface area contributed by atoms with E-state index >= 15 is 0 Å². The minimum absolute atomic E-state index is 0.0992. The first-order valence-electron chi connectivity index (χ1n) is 6.92. The Balaban J connectivity index is 2.08. The van der Waals surface area contributed by atoms with E-state index in [1.54, 1.807) is 0 Å². The van der Waals surface area contributed by atoms with Crippen molar-refractivity contribution in [2.24, 2.45) is 0 Å². The molecule has 0 bridgehead atoms. The number of aliphatic hydroxyl groups excluding tert-OH is 1.